The minimum Gasteiger partial charge on any atom is -0.366 e. The number of Topliss-reactive ketones (excluding diaryl/α,β-unsaturated/α-hetero) is 1. The lowest BCUT2D eigenvalue weighted by Gasteiger charge is -2.12. The van der Waals surface area contributed by atoms with E-state index in [1.54, 1.807) is 31.2 Å². The molecule has 0 aromatic heterocycles. The Morgan fingerprint density at radius 2 is 1.95 bits per heavy atom. The van der Waals surface area contributed by atoms with Crippen molar-refractivity contribution < 1.29 is 9.53 Å². The predicted octanol–water partition coefficient (Wildman–Crippen LogP) is 4.89. The molecule has 4 heteroatoms. The third-order valence-electron chi connectivity index (χ3n) is 2.89. The van der Waals surface area contributed by atoms with Crippen molar-refractivity contribution in [1.29, 1.82) is 0 Å². The summed E-state index contributed by atoms with van der Waals surface area (Å²) in [5.41, 5.74) is 1.63. The Labute approximate surface area is 131 Å². The average Bonchev–Trinajstić information content (AvgIpc) is 2.45. The molecule has 2 rings (SSSR count). The summed E-state index contributed by atoms with van der Waals surface area (Å²) in [6.07, 6.45) is -0.491. The molecule has 0 spiro atoms. The van der Waals surface area contributed by atoms with Crippen molar-refractivity contribution in [3.63, 3.8) is 0 Å². The third-order valence-corrected chi connectivity index (χ3v) is 3.63. The van der Waals surface area contributed by atoms with Crippen molar-refractivity contribution in [2.75, 3.05) is 0 Å². The molecule has 1 atom stereocenters. The first-order valence-corrected chi connectivity index (χ1v) is 7.39. The van der Waals surface area contributed by atoms with Gasteiger partial charge in [0.2, 0.25) is 0 Å². The molecule has 2 aromatic rings. The van der Waals surface area contributed by atoms with Crippen LogP contribution in [-0.4, -0.2) is 11.9 Å². The number of carbonyl (C=O) groups is 1. The van der Waals surface area contributed by atoms with Crippen LogP contribution in [0.3, 0.4) is 0 Å². The van der Waals surface area contributed by atoms with E-state index in [0.29, 0.717) is 17.2 Å². The molecule has 0 fully saturated rings. The lowest BCUT2D eigenvalue weighted by molar-refractivity contribution is 0.0412. The van der Waals surface area contributed by atoms with E-state index in [1.165, 1.54) is 0 Å². The zero-order valence-electron chi connectivity index (χ0n) is 11.0. The first kappa shape index (κ1) is 15.2. The highest BCUT2D eigenvalue weighted by atomic mass is 79.9. The van der Waals surface area contributed by atoms with Gasteiger partial charge >= 0.3 is 0 Å². The van der Waals surface area contributed by atoms with Gasteiger partial charge in [-0.2, -0.15) is 0 Å². The Morgan fingerprint density at radius 1 is 1.25 bits per heavy atom. The van der Waals surface area contributed by atoms with Crippen LogP contribution in [0.25, 0.3) is 0 Å². The van der Waals surface area contributed by atoms with Crippen LogP contribution in [0.2, 0.25) is 5.02 Å². The topological polar surface area (TPSA) is 26.3 Å². The fourth-order valence-corrected chi connectivity index (χ4v) is 2.35. The number of benzene rings is 2. The van der Waals surface area contributed by atoms with E-state index in [-0.39, 0.29) is 5.78 Å². The Hall–Kier alpha value is -1.16. The largest absolute Gasteiger partial charge is 0.366 e. The summed E-state index contributed by atoms with van der Waals surface area (Å²) >= 11 is 9.21. The third kappa shape index (κ3) is 4.17. The van der Waals surface area contributed by atoms with Crippen LogP contribution in [0.5, 0.6) is 0 Å². The lowest BCUT2D eigenvalue weighted by atomic mass is 10.1. The fraction of sp³-hybridized carbons (Fsp3) is 0.188. The second-order valence-corrected chi connectivity index (χ2v) is 5.81. The number of hydrogen-bond donors (Lipinski definition) is 0. The smallest absolute Gasteiger partial charge is 0.191 e. The van der Waals surface area contributed by atoms with Crippen molar-refractivity contribution in [2.24, 2.45) is 0 Å². The van der Waals surface area contributed by atoms with E-state index in [9.17, 15) is 4.79 Å². The Morgan fingerprint density at radius 3 is 2.60 bits per heavy atom. The number of rotatable bonds is 5. The zero-order chi connectivity index (χ0) is 14.5. The Bertz CT molecular complexity index is 596. The highest BCUT2D eigenvalue weighted by Gasteiger charge is 2.15. The average molecular weight is 354 g/mol. The zero-order valence-corrected chi connectivity index (χ0v) is 13.3. The van der Waals surface area contributed by atoms with Crippen molar-refractivity contribution in [3.05, 3.63) is 69.2 Å². The summed E-state index contributed by atoms with van der Waals surface area (Å²) in [7, 11) is 0. The monoisotopic (exact) mass is 352 g/mol. The molecule has 104 valence electrons. The van der Waals surface area contributed by atoms with Gasteiger partial charge in [0.1, 0.15) is 6.10 Å². The van der Waals surface area contributed by atoms with Gasteiger partial charge in [0, 0.05) is 15.1 Å². The van der Waals surface area contributed by atoms with Crippen LogP contribution in [0.1, 0.15) is 22.8 Å². The van der Waals surface area contributed by atoms with E-state index in [2.05, 4.69) is 15.9 Å². The molecule has 0 aliphatic rings. The van der Waals surface area contributed by atoms with Gasteiger partial charge in [0.15, 0.2) is 5.78 Å². The standard InChI is InChI=1S/C16H14BrClO2/c1-11(16(19)13-5-7-15(18)8-6-13)20-10-12-3-2-4-14(17)9-12/h2-9,11H,10H2,1H3. The molecule has 0 saturated heterocycles. The molecule has 0 amide bonds. The molecule has 2 aromatic carbocycles. The van der Waals surface area contributed by atoms with Crippen LogP contribution in [-0.2, 0) is 11.3 Å². The fourth-order valence-electron chi connectivity index (χ4n) is 1.77. The highest BCUT2D eigenvalue weighted by Crippen LogP contribution is 2.15. The first-order chi connectivity index (χ1) is 9.56. The van der Waals surface area contributed by atoms with Crippen molar-refractivity contribution >= 4 is 33.3 Å². The maximum absolute atomic E-state index is 12.2. The van der Waals surface area contributed by atoms with Gasteiger partial charge in [0.05, 0.1) is 6.61 Å². The molecule has 0 bridgehead atoms. The van der Waals surface area contributed by atoms with Crippen molar-refractivity contribution in [2.45, 2.75) is 19.6 Å². The molecule has 2 nitrogen and oxygen atoms in total. The second-order valence-electron chi connectivity index (χ2n) is 4.45. The van der Waals surface area contributed by atoms with Crippen LogP contribution >= 0.6 is 27.5 Å². The van der Waals surface area contributed by atoms with Crippen LogP contribution in [0.15, 0.2) is 53.0 Å². The van der Waals surface area contributed by atoms with Gasteiger partial charge < -0.3 is 4.74 Å². The first-order valence-electron chi connectivity index (χ1n) is 6.22. The molecule has 0 saturated carbocycles. The Balaban J connectivity index is 1.96. The number of halogens is 2. The van der Waals surface area contributed by atoms with Gasteiger partial charge in [0.25, 0.3) is 0 Å². The van der Waals surface area contributed by atoms with E-state index >= 15 is 0 Å². The van der Waals surface area contributed by atoms with Crippen LogP contribution in [0, 0.1) is 0 Å². The Kier molecular flexibility index (Phi) is 5.35. The SMILES string of the molecule is CC(OCc1cccc(Br)c1)C(=O)c1ccc(Cl)cc1. The summed E-state index contributed by atoms with van der Waals surface area (Å²) in [4.78, 5) is 12.2. The molecule has 0 N–H and O–H groups in total. The van der Waals surface area contributed by atoms with Crippen molar-refractivity contribution in [1.82, 2.24) is 0 Å². The maximum atomic E-state index is 12.2. The minimum atomic E-state index is -0.491. The van der Waals surface area contributed by atoms with Gasteiger partial charge in [-0.25, -0.2) is 0 Å². The van der Waals surface area contributed by atoms with Crippen LogP contribution < -0.4 is 0 Å². The number of ether oxygens (including phenoxy) is 1. The lowest BCUT2D eigenvalue weighted by Crippen LogP contribution is -2.20. The minimum absolute atomic E-state index is 0.0448. The van der Waals surface area contributed by atoms with E-state index < -0.39 is 6.10 Å². The van der Waals surface area contributed by atoms with E-state index in [4.69, 9.17) is 16.3 Å². The molecular weight excluding hydrogens is 340 g/mol. The van der Waals surface area contributed by atoms with Gasteiger partial charge in [-0.05, 0) is 48.9 Å². The van der Waals surface area contributed by atoms with Crippen LogP contribution in [0.4, 0.5) is 0 Å². The second kappa shape index (κ2) is 7.02. The highest BCUT2D eigenvalue weighted by molar-refractivity contribution is 9.10. The number of hydrogen-bond acceptors (Lipinski definition) is 2. The number of carbonyl (C=O) groups excluding carboxylic acids is 1. The maximum Gasteiger partial charge on any atom is 0.191 e. The number of ketones is 1. The normalized spacial score (nSPS) is 12.2. The molecule has 0 heterocycles. The van der Waals surface area contributed by atoms with Gasteiger partial charge in [-0.1, -0.05) is 39.7 Å². The van der Waals surface area contributed by atoms with Crippen molar-refractivity contribution in [3.8, 4) is 0 Å². The summed E-state index contributed by atoms with van der Waals surface area (Å²) < 4.78 is 6.62. The summed E-state index contributed by atoms with van der Waals surface area (Å²) in [6.45, 7) is 2.16. The summed E-state index contributed by atoms with van der Waals surface area (Å²) in [6, 6.07) is 14.7. The molecular formula is C16H14BrClO2. The summed E-state index contributed by atoms with van der Waals surface area (Å²) in [5.74, 6) is -0.0448. The predicted molar refractivity (Wildman–Crippen MR) is 84.2 cm³/mol. The van der Waals surface area contributed by atoms with E-state index in [0.717, 1.165) is 10.0 Å². The summed E-state index contributed by atoms with van der Waals surface area (Å²) in [5, 5.41) is 0.615. The quantitative estimate of drug-likeness (QED) is 0.715. The molecule has 0 radical (unpaired) electrons. The van der Waals surface area contributed by atoms with Gasteiger partial charge in [-0.3, -0.25) is 4.79 Å². The van der Waals surface area contributed by atoms with Gasteiger partial charge in [-0.15, -0.1) is 0 Å². The molecule has 20 heavy (non-hydrogen) atoms. The molecule has 1 unspecified atom stereocenters. The molecule has 0 aliphatic heterocycles. The molecule has 0 aliphatic carbocycles. The van der Waals surface area contributed by atoms with E-state index in [1.807, 2.05) is 24.3 Å².